The molecule has 4 rings (SSSR count). The summed E-state index contributed by atoms with van der Waals surface area (Å²) in [6, 6.07) is 25.1. The third kappa shape index (κ3) is 3.59. The molecule has 3 aromatic carbocycles. The minimum absolute atomic E-state index is 0.0682. The first kappa shape index (κ1) is 17.4. The van der Waals surface area contributed by atoms with Crippen LogP contribution < -0.4 is 10.3 Å². The summed E-state index contributed by atoms with van der Waals surface area (Å²) in [5, 5.41) is 1.28. The minimum atomic E-state index is -0.0682. The van der Waals surface area contributed by atoms with Gasteiger partial charge in [-0.15, -0.1) is 0 Å². The molecule has 0 spiro atoms. The highest BCUT2D eigenvalue weighted by Gasteiger charge is 2.13. The molecule has 0 bridgehead atoms. The van der Waals surface area contributed by atoms with Crippen LogP contribution in [0.2, 0.25) is 0 Å². The van der Waals surface area contributed by atoms with Crippen molar-refractivity contribution in [1.29, 1.82) is 0 Å². The van der Waals surface area contributed by atoms with Crippen LogP contribution in [0.15, 0.2) is 88.8 Å². The Morgan fingerprint density at radius 1 is 0.926 bits per heavy atom. The first-order valence-electron chi connectivity index (χ1n) is 8.59. The summed E-state index contributed by atoms with van der Waals surface area (Å²) in [6.07, 6.45) is 0. The molecular formula is C22H18N2O2S. The Labute approximate surface area is 161 Å². The maximum absolute atomic E-state index is 13.2. The van der Waals surface area contributed by atoms with Crippen LogP contribution in [0.5, 0.6) is 5.75 Å². The number of thioether (sulfide) groups is 1. The maximum Gasteiger partial charge on any atom is 0.266 e. The molecule has 0 saturated heterocycles. The van der Waals surface area contributed by atoms with E-state index in [9.17, 15) is 4.79 Å². The van der Waals surface area contributed by atoms with E-state index in [1.54, 1.807) is 23.4 Å². The van der Waals surface area contributed by atoms with Crippen molar-refractivity contribution in [3.05, 3.63) is 94.8 Å². The van der Waals surface area contributed by atoms with Gasteiger partial charge in [-0.25, -0.2) is 4.98 Å². The summed E-state index contributed by atoms with van der Waals surface area (Å²) in [5.41, 5.74) is 2.60. The maximum atomic E-state index is 13.2. The zero-order valence-electron chi connectivity index (χ0n) is 14.8. The molecule has 1 heterocycles. The molecule has 0 aliphatic heterocycles. The lowest BCUT2D eigenvalue weighted by molar-refractivity contribution is 0.414. The average Bonchev–Trinajstić information content (AvgIpc) is 2.73. The van der Waals surface area contributed by atoms with Gasteiger partial charge in [-0.2, -0.15) is 0 Å². The highest BCUT2D eigenvalue weighted by Crippen LogP contribution is 2.25. The number of hydrogen-bond donors (Lipinski definition) is 0. The Hall–Kier alpha value is -3.05. The van der Waals surface area contributed by atoms with Gasteiger partial charge in [-0.05, 0) is 42.0 Å². The van der Waals surface area contributed by atoms with Gasteiger partial charge in [0.25, 0.3) is 5.56 Å². The van der Waals surface area contributed by atoms with Gasteiger partial charge in [-0.3, -0.25) is 9.36 Å². The van der Waals surface area contributed by atoms with Gasteiger partial charge in [0.15, 0.2) is 5.16 Å². The molecule has 4 aromatic rings. The first-order chi connectivity index (χ1) is 13.3. The Morgan fingerprint density at radius 2 is 1.63 bits per heavy atom. The molecule has 0 fully saturated rings. The van der Waals surface area contributed by atoms with Crippen molar-refractivity contribution in [3.63, 3.8) is 0 Å². The first-order valence-corrected chi connectivity index (χ1v) is 9.58. The Bertz CT molecular complexity index is 1120. The Morgan fingerprint density at radius 3 is 2.37 bits per heavy atom. The number of ether oxygens (including phenoxy) is 1. The molecule has 27 heavy (non-hydrogen) atoms. The fourth-order valence-corrected chi connectivity index (χ4v) is 3.86. The van der Waals surface area contributed by atoms with Crippen molar-refractivity contribution in [2.75, 3.05) is 7.11 Å². The zero-order chi connectivity index (χ0) is 18.6. The molecule has 4 nitrogen and oxygen atoms in total. The highest BCUT2D eigenvalue weighted by molar-refractivity contribution is 7.98. The van der Waals surface area contributed by atoms with Crippen molar-refractivity contribution in [2.24, 2.45) is 0 Å². The third-order valence-electron chi connectivity index (χ3n) is 4.29. The van der Waals surface area contributed by atoms with E-state index in [2.05, 4.69) is 12.1 Å². The number of methoxy groups -OCH3 is 1. The molecule has 5 heteroatoms. The van der Waals surface area contributed by atoms with E-state index in [-0.39, 0.29) is 5.56 Å². The van der Waals surface area contributed by atoms with E-state index in [1.165, 1.54) is 5.56 Å². The molecule has 0 atom stereocenters. The van der Waals surface area contributed by atoms with Gasteiger partial charge >= 0.3 is 0 Å². The van der Waals surface area contributed by atoms with Crippen LogP contribution in [0, 0.1) is 0 Å². The lowest BCUT2D eigenvalue weighted by Crippen LogP contribution is -2.21. The van der Waals surface area contributed by atoms with Crippen molar-refractivity contribution in [1.82, 2.24) is 9.55 Å². The van der Waals surface area contributed by atoms with Crippen LogP contribution in [0.1, 0.15) is 5.56 Å². The summed E-state index contributed by atoms with van der Waals surface area (Å²) in [6.45, 7) is 0. The standard InChI is InChI=1S/C22H18N2O2S/c1-26-18-13-11-17(12-14-18)24-21(25)19-9-5-6-10-20(19)23-22(24)27-15-16-7-3-2-4-8-16/h2-14H,15H2,1H3. The average molecular weight is 374 g/mol. The van der Waals surface area contributed by atoms with E-state index in [0.717, 1.165) is 17.2 Å². The summed E-state index contributed by atoms with van der Waals surface area (Å²) in [7, 11) is 1.62. The Kier molecular flexibility index (Phi) is 4.94. The summed E-state index contributed by atoms with van der Waals surface area (Å²) >= 11 is 1.55. The Balaban J connectivity index is 1.83. The topological polar surface area (TPSA) is 44.1 Å². The predicted molar refractivity (Wildman–Crippen MR) is 110 cm³/mol. The second kappa shape index (κ2) is 7.68. The summed E-state index contributed by atoms with van der Waals surface area (Å²) in [5.74, 6) is 1.49. The predicted octanol–water partition coefficient (Wildman–Crippen LogP) is 4.69. The van der Waals surface area contributed by atoms with E-state index < -0.39 is 0 Å². The summed E-state index contributed by atoms with van der Waals surface area (Å²) < 4.78 is 6.91. The number of hydrogen-bond acceptors (Lipinski definition) is 4. The second-order valence-corrected chi connectivity index (χ2v) is 6.97. The van der Waals surface area contributed by atoms with Crippen molar-refractivity contribution in [2.45, 2.75) is 10.9 Å². The molecule has 134 valence electrons. The third-order valence-corrected chi connectivity index (χ3v) is 5.30. The molecule has 0 aliphatic rings. The van der Waals surface area contributed by atoms with Gasteiger partial charge in [0.2, 0.25) is 0 Å². The van der Waals surface area contributed by atoms with Gasteiger partial charge in [0, 0.05) is 5.75 Å². The van der Waals surface area contributed by atoms with Crippen molar-refractivity contribution < 1.29 is 4.74 Å². The molecule has 0 saturated carbocycles. The molecule has 0 radical (unpaired) electrons. The molecule has 0 aliphatic carbocycles. The monoisotopic (exact) mass is 374 g/mol. The number of rotatable bonds is 5. The van der Waals surface area contributed by atoms with Gasteiger partial charge in [0.1, 0.15) is 5.75 Å². The number of fused-ring (bicyclic) bond motifs is 1. The van der Waals surface area contributed by atoms with Gasteiger partial charge in [0.05, 0.1) is 23.7 Å². The highest BCUT2D eigenvalue weighted by atomic mass is 32.2. The fourth-order valence-electron chi connectivity index (χ4n) is 2.89. The molecule has 1 aromatic heterocycles. The SMILES string of the molecule is COc1ccc(-n2c(SCc3ccccc3)nc3ccccc3c2=O)cc1. The number of nitrogens with zero attached hydrogens (tertiary/aromatic N) is 2. The number of aromatic nitrogens is 2. The lowest BCUT2D eigenvalue weighted by Gasteiger charge is -2.13. The largest absolute Gasteiger partial charge is 0.497 e. The van der Waals surface area contributed by atoms with Gasteiger partial charge < -0.3 is 4.74 Å². The van der Waals surface area contributed by atoms with Crippen LogP contribution >= 0.6 is 11.8 Å². The molecule has 0 amide bonds. The van der Waals surface area contributed by atoms with Crippen LogP contribution in [0.25, 0.3) is 16.6 Å². The van der Waals surface area contributed by atoms with Crippen LogP contribution in [-0.4, -0.2) is 16.7 Å². The molecule has 0 unspecified atom stereocenters. The number of para-hydroxylation sites is 1. The second-order valence-electron chi connectivity index (χ2n) is 6.02. The molecule has 0 N–H and O–H groups in total. The van der Waals surface area contributed by atoms with E-state index in [0.29, 0.717) is 16.1 Å². The molecular weight excluding hydrogens is 356 g/mol. The quantitative estimate of drug-likeness (QED) is 0.376. The van der Waals surface area contributed by atoms with Gasteiger partial charge in [-0.1, -0.05) is 54.2 Å². The smallest absolute Gasteiger partial charge is 0.266 e. The van der Waals surface area contributed by atoms with E-state index in [1.807, 2.05) is 66.7 Å². The minimum Gasteiger partial charge on any atom is -0.497 e. The van der Waals surface area contributed by atoms with E-state index >= 15 is 0 Å². The lowest BCUT2D eigenvalue weighted by atomic mass is 10.2. The summed E-state index contributed by atoms with van der Waals surface area (Å²) in [4.78, 5) is 18.0. The zero-order valence-corrected chi connectivity index (χ0v) is 15.6. The van der Waals surface area contributed by atoms with Crippen LogP contribution in [0.4, 0.5) is 0 Å². The van der Waals surface area contributed by atoms with Crippen molar-refractivity contribution in [3.8, 4) is 11.4 Å². The van der Waals surface area contributed by atoms with Crippen LogP contribution in [-0.2, 0) is 5.75 Å². The normalized spacial score (nSPS) is 10.9. The number of benzene rings is 3. The van der Waals surface area contributed by atoms with E-state index in [4.69, 9.17) is 9.72 Å². The van der Waals surface area contributed by atoms with Crippen molar-refractivity contribution >= 4 is 22.7 Å². The fraction of sp³-hybridized carbons (Fsp3) is 0.0909. The van der Waals surface area contributed by atoms with Crippen LogP contribution in [0.3, 0.4) is 0 Å².